The molecule has 0 aromatic carbocycles. The highest BCUT2D eigenvalue weighted by Crippen LogP contribution is 1.85. The summed E-state index contributed by atoms with van der Waals surface area (Å²) in [4.78, 5) is 9.86. The van der Waals surface area contributed by atoms with E-state index in [1.807, 2.05) is 0 Å². The second kappa shape index (κ2) is 9.44. The number of carboxylic acid groups (broad SMARTS) is 1. The highest BCUT2D eigenvalue weighted by atomic mass is 16.4. The van der Waals surface area contributed by atoms with Crippen LogP contribution in [0.1, 0.15) is 26.7 Å². The molecule has 0 amide bonds. The average Bonchev–Trinajstić information content (AvgIpc) is 2.05. The zero-order valence-electron chi connectivity index (χ0n) is 8.10. The lowest BCUT2D eigenvalue weighted by molar-refractivity contribution is -0.140. The smallest absolute Gasteiger partial charge is 0.323 e. The summed E-state index contributed by atoms with van der Waals surface area (Å²) in [6.45, 7) is 3.73. The molecule has 0 saturated carbocycles. The molecule has 0 spiro atoms. The van der Waals surface area contributed by atoms with Crippen LogP contribution in [-0.2, 0) is 4.79 Å². The second-order valence-corrected chi connectivity index (χ2v) is 2.68. The lowest BCUT2D eigenvalue weighted by atomic mass is 10.2. The Balaban J connectivity index is 0. The molecule has 0 saturated heterocycles. The van der Waals surface area contributed by atoms with Gasteiger partial charge in [-0.05, 0) is 13.3 Å². The standard InChI is InChI=1S/C4H9NO3.C4H10O/c1-2(6)3(5)4(7)8;1-2-3-4-5/h2-3,6H,5H2,1H3,(H,7,8);5H,2-4H2,1H3/t2-,3+;/m1./s1. The third-order valence-corrected chi connectivity index (χ3v) is 1.32. The van der Waals surface area contributed by atoms with Crippen molar-refractivity contribution in [2.45, 2.75) is 38.8 Å². The van der Waals surface area contributed by atoms with Crippen molar-refractivity contribution in [2.24, 2.45) is 5.73 Å². The third-order valence-electron chi connectivity index (χ3n) is 1.32. The van der Waals surface area contributed by atoms with Gasteiger partial charge < -0.3 is 21.1 Å². The van der Waals surface area contributed by atoms with E-state index in [2.05, 4.69) is 6.92 Å². The van der Waals surface area contributed by atoms with E-state index in [-0.39, 0.29) is 0 Å². The van der Waals surface area contributed by atoms with Gasteiger partial charge >= 0.3 is 5.97 Å². The number of carboxylic acids is 1. The van der Waals surface area contributed by atoms with Crippen LogP contribution in [0, 0.1) is 0 Å². The van der Waals surface area contributed by atoms with Crippen LogP contribution in [0.15, 0.2) is 0 Å². The summed E-state index contributed by atoms with van der Waals surface area (Å²) >= 11 is 0. The van der Waals surface area contributed by atoms with E-state index in [1.54, 1.807) is 0 Å². The molecular formula is C8H19NO4. The molecule has 2 atom stereocenters. The van der Waals surface area contributed by atoms with Crippen molar-refractivity contribution in [1.29, 1.82) is 0 Å². The van der Waals surface area contributed by atoms with Crippen LogP contribution in [-0.4, -0.2) is 40.0 Å². The Bertz CT molecular complexity index is 125. The van der Waals surface area contributed by atoms with Gasteiger partial charge in [-0.2, -0.15) is 0 Å². The summed E-state index contributed by atoms with van der Waals surface area (Å²) < 4.78 is 0. The van der Waals surface area contributed by atoms with Crippen molar-refractivity contribution in [1.82, 2.24) is 0 Å². The Morgan fingerprint density at radius 1 is 1.54 bits per heavy atom. The van der Waals surface area contributed by atoms with Gasteiger partial charge in [0, 0.05) is 6.61 Å². The first-order valence-electron chi connectivity index (χ1n) is 4.24. The molecule has 0 unspecified atom stereocenters. The van der Waals surface area contributed by atoms with Crippen LogP contribution < -0.4 is 5.73 Å². The highest BCUT2D eigenvalue weighted by Gasteiger charge is 2.16. The quantitative estimate of drug-likeness (QED) is 0.484. The SMILES string of the molecule is CCCCO.C[C@@H](O)[C@H](N)C(=O)O. The normalized spacial score (nSPS) is 13.9. The van der Waals surface area contributed by atoms with Crippen molar-refractivity contribution < 1.29 is 20.1 Å². The van der Waals surface area contributed by atoms with Crippen LogP contribution in [0.3, 0.4) is 0 Å². The fourth-order valence-electron chi connectivity index (χ4n) is 0.364. The van der Waals surface area contributed by atoms with Gasteiger partial charge in [0.05, 0.1) is 6.10 Å². The number of nitrogens with two attached hydrogens (primary N) is 1. The first-order chi connectivity index (χ1) is 5.97. The van der Waals surface area contributed by atoms with Crippen molar-refractivity contribution in [3.8, 4) is 0 Å². The zero-order chi connectivity index (χ0) is 10.9. The van der Waals surface area contributed by atoms with E-state index in [0.29, 0.717) is 6.61 Å². The van der Waals surface area contributed by atoms with E-state index >= 15 is 0 Å². The number of aliphatic carboxylic acids is 1. The molecule has 0 aliphatic rings. The van der Waals surface area contributed by atoms with Crippen molar-refractivity contribution >= 4 is 5.97 Å². The van der Waals surface area contributed by atoms with Crippen molar-refractivity contribution in [2.75, 3.05) is 6.61 Å². The number of aliphatic hydroxyl groups is 2. The molecule has 0 fully saturated rings. The summed E-state index contributed by atoms with van der Waals surface area (Å²) in [5.74, 6) is -1.18. The number of hydrogen-bond acceptors (Lipinski definition) is 4. The first kappa shape index (κ1) is 14.9. The summed E-state index contributed by atoms with van der Waals surface area (Å²) in [5, 5.41) is 24.6. The fraction of sp³-hybridized carbons (Fsp3) is 0.875. The van der Waals surface area contributed by atoms with Crippen LogP contribution in [0.4, 0.5) is 0 Å². The van der Waals surface area contributed by atoms with E-state index in [4.69, 9.17) is 21.1 Å². The van der Waals surface area contributed by atoms with Crippen molar-refractivity contribution in [3.05, 3.63) is 0 Å². The van der Waals surface area contributed by atoms with Crippen molar-refractivity contribution in [3.63, 3.8) is 0 Å². The average molecular weight is 193 g/mol. The predicted octanol–water partition coefficient (Wildman–Crippen LogP) is -0.442. The predicted molar refractivity (Wildman–Crippen MR) is 49.3 cm³/mol. The molecule has 0 aliphatic carbocycles. The zero-order valence-corrected chi connectivity index (χ0v) is 8.10. The molecule has 0 rings (SSSR count). The molecular weight excluding hydrogens is 174 g/mol. The van der Waals surface area contributed by atoms with E-state index < -0.39 is 18.1 Å². The van der Waals surface area contributed by atoms with Gasteiger partial charge in [-0.15, -0.1) is 0 Å². The lowest BCUT2D eigenvalue weighted by Gasteiger charge is -2.06. The summed E-state index contributed by atoms with van der Waals surface area (Å²) in [6.07, 6.45) is 1.06. The number of unbranched alkanes of at least 4 members (excludes halogenated alkanes) is 1. The van der Waals surface area contributed by atoms with Gasteiger partial charge in [0.1, 0.15) is 6.04 Å². The summed E-state index contributed by atoms with van der Waals surface area (Å²) in [5.41, 5.74) is 4.91. The van der Waals surface area contributed by atoms with E-state index in [0.717, 1.165) is 12.8 Å². The number of hydrogen-bond donors (Lipinski definition) is 4. The van der Waals surface area contributed by atoms with Crippen LogP contribution in [0.2, 0.25) is 0 Å². The molecule has 5 N–H and O–H groups in total. The monoisotopic (exact) mass is 193 g/mol. The maximum atomic E-state index is 9.86. The van der Waals surface area contributed by atoms with Crippen LogP contribution in [0.25, 0.3) is 0 Å². The van der Waals surface area contributed by atoms with E-state index in [9.17, 15) is 4.79 Å². The van der Waals surface area contributed by atoms with Gasteiger partial charge in [-0.1, -0.05) is 13.3 Å². The van der Waals surface area contributed by atoms with Crippen LogP contribution >= 0.6 is 0 Å². The number of carbonyl (C=O) groups is 1. The van der Waals surface area contributed by atoms with Gasteiger partial charge in [-0.3, -0.25) is 4.79 Å². The molecule has 0 radical (unpaired) electrons. The molecule has 0 bridgehead atoms. The second-order valence-electron chi connectivity index (χ2n) is 2.68. The fourth-order valence-corrected chi connectivity index (χ4v) is 0.364. The Hall–Kier alpha value is -0.650. The minimum Gasteiger partial charge on any atom is -0.480 e. The minimum absolute atomic E-state index is 0.344. The molecule has 5 heteroatoms. The maximum absolute atomic E-state index is 9.86. The van der Waals surface area contributed by atoms with Gasteiger partial charge in [0.2, 0.25) is 0 Å². The Morgan fingerprint density at radius 2 is 2.00 bits per heavy atom. The molecule has 0 aliphatic heterocycles. The molecule has 0 aromatic rings. The Kier molecular flexibility index (Phi) is 10.8. The number of aliphatic hydroxyl groups excluding tert-OH is 2. The largest absolute Gasteiger partial charge is 0.480 e. The van der Waals surface area contributed by atoms with Gasteiger partial charge in [0.25, 0.3) is 0 Å². The Morgan fingerprint density at radius 3 is 2.00 bits per heavy atom. The Labute approximate surface area is 78.2 Å². The minimum atomic E-state index is -1.18. The van der Waals surface area contributed by atoms with Gasteiger partial charge in [-0.25, -0.2) is 0 Å². The highest BCUT2D eigenvalue weighted by molar-refractivity contribution is 5.73. The topological polar surface area (TPSA) is 104 Å². The van der Waals surface area contributed by atoms with Crippen LogP contribution in [0.5, 0.6) is 0 Å². The molecule has 0 aromatic heterocycles. The molecule has 80 valence electrons. The molecule has 5 nitrogen and oxygen atoms in total. The lowest BCUT2D eigenvalue weighted by Crippen LogP contribution is -2.39. The van der Waals surface area contributed by atoms with Gasteiger partial charge in [0.15, 0.2) is 0 Å². The molecule has 13 heavy (non-hydrogen) atoms. The maximum Gasteiger partial charge on any atom is 0.323 e. The summed E-state index contributed by atoms with van der Waals surface area (Å²) in [6, 6.07) is -1.16. The first-order valence-corrected chi connectivity index (χ1v) is 4.24. The van der Waals surface area contributed by atoms with E-state index in [1.165, 1.54) is 6.92 Å². The number of rotatable bonds is 4. The summed E-state index contributed by atoms with van der Waals surface area (Å²) in [7, 11) is 0. The third kappa shape index (κ3) is 11.3. The molecule has 0 heterocycles.